The SMILES string of the molecule is CC(C)OC1CCC(CCC[C@H](C)N2CCN(C(C)C)CC2)CC1. The van der Waals surface area contributed by atoms with Gasteiger partial charge in [0.05, 0.1) is 12.2 Å². The molecule has 0 amide bonds. The number of ether oxygens (including phenoxy) is 1. The van der Waals surface area contributed by atoms with Gasteiger partial charge in [0.2, 0.25) is 0 Å². The van der Waals surface area contributed by atoms with E-state index in [-0.39, 0.29) is 0 Å². The highest BCUT2D eigenvalue weighted by atomic mass is 16.5. The molecule has 2 fully saturated rings. The van der Waals surface area contributed by atoms with Gasteiger partial charge in [0.15, 0.2) is 0 Å². The fourth-order valence-electron chi connectivity index (χ4n) is 4.52. The molecule has 0 radical (unpaired) electrons. The van der Waals surface area contributed by atoms with Crippen molar-refractivity contribution in [3.63, 3.8) is 0 Å². The maximum absolute atomic E-state index is 5.98. The second kappa shape index (κ2) is 10.1. The molecule has 3 heteroatoms. The van der Waals surface area contributed by atoms with Crippen LogP contribution >= 0.6 is 0 Å². The predicted molar refractivity (Wildman–Crippen MR) is 104 cm³/mol. The quantitative estimate of drug-likeness (QED) is 0.645. The third-order valence-corrected chi connectivity index (χ3v) is 6.20. The first kappa shape index (κ1) is 20.2. The van der Waals surface area contributed by atoms with Crippen LogP contribution in [0.5, 0.6) is 0 Å². The second-order valence-electron chi connectivity index (χ2n) is 8.77. The zero-order chi connectivity index (χ0) is 17.5. The normalized spacial score (nSPS) is 28.6. The fourth-order valence-corrected chi connectivity index (χ4v) is 4.52. The molecule has 1 saturated heterocycles. The Kier molecular flexibility index (Phi) is 8.53. The van der Waals surface area contributed by atoms with Crippen LogP contribution in [0.3, 0.4) is 0 Å². The highest BCUT2D eigenvalue weighted by Crippen LogP contribution is 2.30. The molecular weight excluding hydrogens is 296 g/mol. The van der Waals surface area contributed by atoms with Gasteiger partial charge in [-0.15, -0.1) is 0 Å². The maximum atomic E-state index is 5.98. The Morgan fingerprint density at radius 2 is 1.42 bits per heavy atom. The first-order valence-corrected chi connectivity index (χ1v) is 10.6. The van der Waals surface area contributed by atoms with E-state index in [1.54, 1.807) is 0 Å². The first-order chi connectivity index (χ1) is 11.5. The molecule has 0 aromatic rings. The van der Waals surface area contributed by atoms with Gasteiger partial charge in [-0.25, -0.2) is 0 Å². The van der Waals surface area contributed by atoms with Crippen LogP contribution in [0.4, 0.5) is 0 Å². The third kappa shape index (κ3) is 6.65. The van der Waals surface area contributed by atoms with E-state index in [0.29, 0.717) is 18.2 Å². The van der Waals surface area contributed by atoms with Crippen LogP contribution in [0.1, 0.15) is 79.6 Å². The Balaban J connectivity index is 1.56. The highest BCUT2D eigenvalue weighted by molar-refractivity contribution is 4.79. The van der Waals surface area contributed by atoms with Crippen molar-refractivity contribution in [2.24, 2.45) is 5.92 Å². The van der Waals surface area contributed by atoms with Crippen LogP contribution in [0.15, 0.2) is 0 Å². The molecule has 0 unspecified atom stereocenters. The lowest BCUT2D eigenvalue weighted by Crippen LogP contribution is -2.51. The van der Waals surface area contributed by atoms with E-state index in [2.05, 4.69) is 44.4 Å². The molecule has 2 aliphatic rings. The zero-order valence-corrected chi connectivity index (χ0v) is 17.0. The molecule has 1 aliphatic heterocycles. The Bertz CT molecular complexity index is 329. The molecule has 3 nitrogen and oxygen atoms in total. The molecule has 1 heterocycles. The largest absolute Gasteiger partial charge is 0.376 e. The van der Waals surface area contributed by atoms with E-state index >= 15 is 0 Å². The van der Waals surface area contributed by atoms with Crippen LogP contribution < -0.4 is 0 Å². The Morgan fingerprint density at radius 1 is 0.833 bits per heavy atom. The van der Waals surface area contributed by atoms with Gasteiger partial charge < -0.3 is 4.74 Å². The van der Waals surface area contributed by atoms with E-state index in [1.807, 2.05) is 0 Å². The Morgan fingerprint density at radius 3 is 1.96 bits per heavy atom. The minimum Gasteiger partial charge on any atom is -0.376 e. The summed E-state index contributed by atoms with van der Waals surface area (Å²) in [6.45, 7) is 16.4. The van der Waals surface area contributed by atoms with Gasteiger partial charge in [-0.05, 0) is 72.6 Å². The molecule has 0 spiro atoms. The standard InChI is InChI=1S/C21H42N2O/c1-17(2)22-13-15-23(16-14-22)19(5)7-6-8-20-9-11-21(12-10-20)24-18(3)4/h17-21H,6-16H2,1-5H3/t19-,20?,21?/m0/s1. The monoisotopic (exact) mass is 338 g/mol. The Hall–Kier alpha value is -0.120. The lowest BCUT2D eigenvalue weighted by atomic mass is 9.84. The topological polar surface area (TPSA) is 15.7 Å². The summed E-state index contributed by atoms with van der Waals surface area (Å²) in [5.41, 5.74) is 0. The van der Waals surface area contributed by atoms with Gasteiger partial charge in [0, 0.05) is 38.3 Å². The molecule has 0 bridgehead atoms. The van der Waals surface area contributed by atoms with E-state index in [0.717, 1.165) is 12.0 Å². The molecule has 0 aromatic heterocycles. The molecule has 24 heavy (non-hydrogen) atoms. The van der Waals surface area contributed by atoms with Crippen molar-refractivity contribution in [1.29, 1.82) is 0 Å². The van der Waals surface area contributed by atoms with Crippen molar-refractivity contribution >= 4 is 0 Å². The number of piperazine rings is 1. The molecule has 142 valence electrons. The predicted octanol–water partition coefficient (Wildman–Crippen LogP) is 4.56. The fraction of sp³-hybridized carbons (Fsp3) is 1.00. The van der Waals surface area contributed by atoms with Crippen LogP contribution in [0.25, 0.3) is 0 Å². The van der Waals surface area contributed by atoms with E-state index < -0.39 is 0 Å². The first-order valence-electron chi connectivity index (χ1n) is 10.6. The summed E-state index contributed by atoms with van der Waals surface area (Å²) in [5, 5.41) is 0. The van der Waals surface area contributed by atoms with Crippen molar-refractivity contribution < 1.29 is 4.74 Å². The van der Waals surface area contributed by atoms with Crippen molar-refractivity contribution in [3.05, 3.63) is 0 Å². The molecule has 2 rings (SSSR count). The second-order valence-corrected chi connectivity index (χ2v) is 8.77. The number of hydrogen-bond acceptors (Lipinski definition) is 3. The van der Waals surface area contributed by atoms with Crippen LogP contribution in [-0.2, 0) is 4.74 Å². The minimum atomic E-state index is 0.392. The highest BCUT2D eigenvalue weighted by Gasteiger charge is 2.24. The van der Waals surface area contributed by atoms with Crippen molar-refractivity contribution in [2.45, 2.75) is 104 Å². The average molecular weight is 339 g/mol. The van der Waals surface area contributed by atoms with Gasteiger partial charge >= 0.3 is 0 Å². The minimum absolute atomic E-state index is 0.392. The molecular formula is C21H42N2O. The molecule has 1 atom stereocenters. The van der Waals surface area contributed by atoms with E-state index in [4.69, 9.17) is 4.74 Å². The smallest absolute Gasteiger partial charge is 0.0578 e. The molecule has 1 aliphatic carbocycles. The van der Waals surface area contributed by atoms with E-state index in [9.17, 15) is 0 Å². The molecule has 1 saturated carbocycles. The average Bonchev–Trinajstić information content (AvgIpc) is 2.56. The maximum Gasteiger partial charge on any atom is 0.0578 e. The van der Waals surface area contributed by atoms with Gasteiger partial charge in [0.25, 0.3) is 0 Å². The summed E-state index contributed by atoms with van der Waals surface area (Å²) in [7, 11) is 0. The summed E-state index contributed by atoms with van der Waals surface area (Å²) in [6, 6.07) is 1.47. The summed E-state index contributed by atoms with van der Waals surface area (Å²) < 4.78 is 5.98. The molecule has 0 N–H and O–H groups in total. The number of nitrogens with zero attached hydrogens (tertiary/aromatic N) is 2. The lowest BCUT2D eigenvalue weighted by molar-refractivity contribution is -0.0204. The van der Waals surface area contributed by atoms with Gasteiger partial charge in [-0.2, -0.15) is 0 Å². The summed E-state index contributed by atoms with van der Waals surface area (Å²) in [6.07, 6.45) is 10.5. The molecule has 0 aromatic carbocycles. The van der Waals surface area contributed by atoms with Crippen molar-refractivity contribution in [2.75, 3.05) is 26.2 Å². The number of rotatable bonds is 8. The lowest BCUT2D eigenvalue weighted by Gasteiger charge is -2.40. The van der Waals surface area contributed by atoms with Gasteiger partial charge in [-0.3, -0.25) is 9.80 Å². The van der Waals surface area contributed by atoms with Crippen LogP contribution in [0.2, 0.25) is 0 Å². The zero-order valence-electron chi connectivity index (χ0n) is 17.0. The van der Waals surface area contributed by atoms with Gasteiger partial charge in [0.1, 0.15) is 0 Å². The third-order valence-electron chi connectivity index (χ3n) is 6.20. The Labute approximate surface area is 151 Å². The van der Waals surface area contributed by atoms with Gasteiger partial charge in [-0.1, -0.05) is 12.8 Å². The van der Waals surface area contributed by atoms with Crippen molar-refractivity contribution in [1.82, 2.24) is 9.80 Å². The van der Waals surface area contributed by atoms with Crippen molar-refractivity contribution in [3.8, 4) is 0 Å². The summed E-state index contributed by atoms with van der Waals surface area (Å²) in [5.74, 6) is 0.960. The van der Waals surface area contributed by atoms with Crippen LogP contribution in [-0.4, -0.2) is 60.3 Å². The van der Waals surface area contributed by atoms with Crippen LogP contribution in [0, 0.1) is 5.92 Å². The van der Waals surface area contributed by atoms with E-state index in [1.165, 1.54) is 71.1 Å². The number of hydrogen-bond donors (Lipinski definition) is 0. The summed E-state index contributed by atoms with van der Waals surface area (Å²) >= 11 is 0. The summed E-state index contributed by atoms with van der Waals surface area (Å²) in [4.78, 5) is 5.33.